The lowest BCUT2D eigenvalue weighted by Crippen LogP contribution is -2.45. The summed E-state index contributed by atoms with van der Waals surface area (Å²) in [6, 6.07) is 0.712. The summed E-state index contributed by atoms with van der Waals surface area (Å²) in [5, 5.41) is 3.46. The summed E-state index contributed by atoms with van der Waals surface area (Å²) < 4.78 is 0. The number of nitrogens with zero attached hydrogens (tertiary/aromatic N) is 1. The van der Waals surface area contributed by atoms with E-state index in [-0.39, 0.29) is 0 Å². The topological polar surface area (TPSA) is 15.3 Å². The average Bonchev–Trinajstić information content (AvgIpc) is 2.62. The number of thioether (sulfide) groups is 1. The predicted octanol–water partition coefficient (Wildman–Crippen LogP) is 3.62. The van der Waals surface area contributed by atoms with Gasteiger partial charge in [-0.25, -0.2) is 0 Å². The van der Waals surface area contributed by atoms with Crippen LogP contribution in [-0.2, 0) is 0 Å². The molecule has 1 aliphatic rings. The Morgan fingerprint density at radius 3 is 2.37 bits per heavy atom. The van der Waals surface area contributed by atoms with Crippen molar-refractivity contribution in [3.8, 4) is 0 Å². The van der Waals surface area contributed by atoms with Crippen LogP contribution in [0.5, 0.6) is 0 Å². The van der Waals surface area contributed by atoms with Gasteiger partial charge in [-0.1, -0.05) is 25.7 Å². The molecule has 0 saturated heterocycles. The van der Waals surface area contributed by atoms with Crippen molar-refractivity contribution in [1.82, 2.24) is 10.2 Å². The molecule has 0 aromatic carbocycles. The van der Waals surface area contributed by atoms with E-state index in [0.717, 1.165) is 0 Å². The lowest BCUT2D eigenvalue weighted by atomic mass is 9.79. The molecule has 1 saturated carbocycles. The molecule has 0 amide bonds. The Balaban J connectivity index is 2.55. The van der Waals surface area contributed by atoms with Crippen LogP contribution >= 0.6 is 11.8 Å². The van der Waals surface area contributed by atoms with Crippen LogP contribution in [0.2, 0.25) is 0 Å². The Bertz CT molecular complexity index is 225. The van der Waals surface area contributed by atoms with Crippen molar-refractivity contribution in [3.63, 3.8) is 0 Å². The second-order valence-corrected chi connectivity index (χ2v) is 7.48. The summed E-state index contributed by atoms with van der Waals surface area (Å²) in [7, 11) is 4.44. The fraction of sp³-hybridized carbons (Fsp3) is 1.00. The second-order valence-electron chi connectivity index (χ2n) is 6.49. The van der Waals surface area contributed by atoms with Crippen LogP contribution in [0.25, 0.3) is 0 Å². The largest absolute Gasteiger partial charge is 0.319 e. The molecule has 114 valence electrons. The molecule has 0 aliphatic heterocycles. The predicted molar refractivity (Wildman–Crippen MR) is 89.2 cm³/mol. The third-order valence-corrected chi connectivity index (χ3v) is 5.44. The molecule has 1 rings (SSSR count). The first-order valence-electron chi connectivity index (χ1n) is 7.97. The van der Waals surface area contributed by atoms with Crippen molar-refractivity contribution in [3.05, 3.63) is 0 Å². The van der Waals surface area contributed by atoms with Gasteiger partial charge < -0.3 is 10.2 Å². The number of rotatable bonds is 8. The molecular weight excluding hydrogens is 252 g/mol. The van der Waals surface area contributed by atoms with E-state index >= 15 is 0 Å². The van der Waals surface area contributed by atoms with Gasteiger partial charge in [-0.3, -0.25) is 0 Å². The molecule has 2 nitrogen and oxygen atoms in total. The Morgan fingerprint density at radius 1 is 1.21 bits per heavy atom. The average molecular weight is 287 g/mol. The zero-order chi connectivity index (χ0) is 14.1. The van der Waals surface area contributed by atoms with E-state index in [1.54, 1.807) is 0 Å². The van der Waals surface area contributed by atoms with Gasteiger partial charge >= 0.3 is 0 Å². The minimum atomic E-state index is 0.521. The van der Waals surface area contributed by atoms with Crippen molar-refractivity contribution >= 4 is 11.8 Å². The van der Waals surface area contributed by atoms with Crippen LogP contribution in [-0.4, -0.2) is 50.1 Å². The smallest absolute Gasteiger partial charge is 0.00719 e. The first-order chi connectivity index (χ1) is 9.13. The normalized spacial score (nSPS) is 21.3. The molecule has 19 heavy (non-hydrogen) atoms. The molecule has 1 fully saturated rings. The zero-order valence-corrected chi connectivity index (χ0v) is 14.3. The van der Waals surface area contributed by atoms with E-state index in [1.807, 2.05) is 11.8 Å². The number of nitrogens with one attached hydrogen (secondary N) is 1. The van der Waals surface area contributed by atoms with Gasteiger partial charge in [0.1, 0.15) is 0 Å². The van der Waals surface area contributed by atoms with Crippen LogP contribution in [0.3, 0.4) is 0 Å². The van der Waals surface area contributed by atoms with Crippen LogP contribution in [0, 0.1) is 5.41 Å². The highest BCUT2D eigenvalue weighted by Crippen LogP contribution is 2.35. The van der Waals surface area contributed by atoms with Crippen molar-refractivity contribution in [2.75, 3.05) is 39.2 Å². The van der Waals surface area contributed by atoms with Gasteiger partial charge in [-0.15, -0.1) is 0 Å². The van der Waals surface area contributed by atoms with Gasteiger partial charge in [-0.2, -0.15) is 11.8 Å². The van der Waals surface area contributed by atoms with Gasteiger partial charge in [0.05, 0.1) is 0 Å². The molecule has 1 aliphatic carbocycles. The second kappa shape index (κ2) is 9.25. The molecule has 3 heteroatoms. The van der Waals surface area contributed by atoms with Gasteiger partial charge in [0.25, 0.3) is 0 Å². The minimum absolute atomic E-state index is 0.521. The van der Waals surface area contributed by atoms with Crippen molar-refractivity contribution in [1.29, 1.82) is 0 Å². The molecule has 1 N–H and O–H groups in total. The van der Waals surface area contributed by atoms with Crippen molar-refractivity contribution in [2.45, 2.75) is 57.9 Å². The summed E-state index contributed by atoms with van der Waals surface area (Å²) in [6.07, 6.45) is 12.1. The maximum atomic E-state index is 3.46. The van der Waals surface area contributed by atoms with E-state index < -0.39 is 0 Å². The SMILES string of the molecule is CNCC1(CN(C)C(C)CCSC)CCCCCC1. The summed E-state index contributed by atoms with van der Waals surface area (Å²) in [4.78, 5) is 2.61. The molecule has 0 bridgehead atoms. The fourth-order valence-electron chi connectivity index (χ4n) is 3.44. The van der Waals surface area contributed by atoms with Gasteiger partial charge in [0.15, 0.2) is 0 Å². The molecule has 0 spiro atoms. The monoisotopic (exact) mass is 286 g/mol. The lowest BCUT2D eigenvalue weighted by Gasteiger charge is -2.39. The first-order valence-corrected chi connectivity index (χ1v) is 9.37. The van der Waals surface area contributed by atoms with Crippen LogP contribution in [0.15, 0.2) is 0 Å². The standard InChI is InChI=1S/C16H34N2S/c1-15(9-12-19-4)18(3)14-16(13-17-2)10-7-5-6-8-11-16/h15,17H,5-14H2,1-4H3. The summed E-state index contributed by atoms with van der Waals surface area (Å²) >= 11 is 1.97. The maximum absolute atomic E-state index is 3.46. The number of hydrogen-bond acceptors (Lipinski definition) is 3. The van der Waals surface area contributed by atoms with E-state index in [2.05, 4.69) is 37.5 Å². The Kier molecular flexibility index (Phi) is 8.43. The van der Waals surface area contributed by atoms with E-state index in [9.17, 15) is 0 Å². The van der Waals surface area contributed by atoms with Gasteiger partial charge in [-0.05, 0) is 57.7 Å². The first kappa shape index (κ1) is 17.3. The van der Waals surface area contributed by atoms with E-state index in [0.29, 0.717) is 11.5 Å². The highest BCUT2D eigenvalue weighted by Gasteiger charge is 2.32. The zero-order valence-electron chi connectivity index (χ0n) is 13.5. The molecule has 1 unspecified atom stereocenters. The quantitative estimate of drug-likeness (QED) is 0.686. The fourth-order valence-corrected chi connectivity index (χ4v) is 4.01. The summed E-state index contributed by atoms with van der Waals surface area (Å²) in [5.41, 5.74) is 0.521. The Morgan fingerprint density at radius 2 is 1.84 bits per heavy atom. The number of hydrogen-bond donors (Lipinski definition) is 1. The highest BCUT2D eigenvalue weighted by atomic mass is 32.2. The molecule has 1 atom stereocenters. The van der Waals surface area contributed by atoms with Crippen LogP contribution in [0.4, 0.5) is 0 Å². The van der Waals surface area contributed by atoms with E-state index in [1.165, 1.54) is 63.8 Å². The van der Waals surface area contributed by atoms with E-state index in [4.69, 9.17) is 0 Å². The molecule has 0 aromatic heterocycles. The van der Waals surface area contributed by atoms with Crippen LogP contribution in [0.1, 0.15) is 51.9 Å². The van der Waals surface area contributed by atoms with Crippen molar-refractivity contribution in [2.24, 2.45) is 5.41 Å². The Labute approximate surface area is 125 Å². The summed E-state index contributed by atoms with van der Waals surface area (Å²) in [5.74, 6) is 1.28. The minimum Gasteiger partial charge on any atom is -0.319 e. The van der Waals surface area contributed by atoms with Crippen LogP contribution < -0.4 is 5.32 Å². The highest BCUT2D eigenvalue weighted by molar-refractivity contribution is 7.98. The third-order valence-electron chi connectivity index (χ3n) is 4.79. The molecular formula is C16H34N2S. The van der Waals surface area contributed by atoms with Gasteiger partial charge in [0.2, 0.25) is 0 Å². The molecule has 0 aromatic rings. The van der Waals surface area contributed by atoms with Crippen molar-refractivity contribution < 1.29 is 0 Å². The lowest BCUT2D eigenvalue weighted by molar-refractivity contribution is 0.121. The Hall–Kier alpha value is 0.270. The summed E-state index contributed by atoms with van der Waals surface area (Å²) in [6.45, 7) is 4.84. The molecule has 0 radical (unpaired) electrons. The third kappa shape index (κ3) is 6.05. The molecule has 0 heterocycles. The maximum Gasteiger partial charge on any atom is 0.00719 e. The van der Waals surface area contributed by atoms with Gasteiger partial charge in [0, 0.05) is 19.1 Å².